The van der Waals surface area contributed by atoms with Crippen molar-refractivity contribution in [3.8, 4) is 0 Å². The molecule has 8 nitrogen and oxygen atoms in total. The molecule has 260 valence electrons. The zero-order valence-electron chi connectivity index (χ0n) is 29.2. The highest BCUT2D eigenvalue weighted by Crippen LogP contribution is 2.47. The van der Waals surface area contributed by atoms with Gasteiger partial charge in [-0.1, -0.05) is 96.1 Å². The summed E-state index contributed by atoms with van der Waals surface area (Å²) in [6.07, 6.45) is 24.3. The van der Waals surface area contributed by atoms with E-state index in [0.29, 0.717) is 36.8 Å². The number of anilines is 2. The molecule has 3 unspecified atom stereocenters. The first-order valence-corrected chi connectivity index (χ1v) is 19.2. The third-order valence-corrected chi connectivity index (χ3v) is 11.5. The fraction of sp³-hybridized carbons (Fsp3) is 0.650. The van der Waals surface area contributed by atoms with Crippen molar-refractivity contribution in [1.29, 1.82) is 0 Å². The van der Waals surface area contributed by atoms with Gasteiger partial charge in [0.05, 0.1) is 5.41 Å². The van der Waals surface area contributed by atoms with Crippen LogP contribution in [0.2, 0.25) is 0 Å². The van der Waals surface area contributed by atoms with Crippen LogP contribution in [0.1, 0.15) is 139 Å². The maximum atomic E-state index is 13.7. The van der Waals surface area contributed by atoms with Gasteiger partial charge < -0.3 is 20.9 Å². The number of piperidine rings is 1. The van der Waals surface area contributed by atoms with E-state index < -0.39 is 5.41 Å². The van der Waals surface area contributed by atoms with Crippen molar-refractivity contribution < 1.29 is 14.4 Å². The van der Waals surface area contributed by atoms with Gasteiger partial charge in [-0.2, -0.15) is 0 Å². The first-order valence-electron chi connectivity index (χ1n) is 19.2. The van der Waals surface area contributed by atoms with Crippen LogP contribution < -0.4 is 16.0 Å². The van der Waals surface area contributed by atoms with Crippen LogP contribution in [0.15, 0.2) is 36.5 Å². The van der Waals surface area contributed by atoms with Gasteiger partial charge in [0.2, 0.25) is 17.7 Å². The summed E-state index contributed by atoms with van der Waals surface area (Å²) in [5.41, 5.74) is 3.22. The molecule has 4 heterocycles. The number of nitrogens with one attached hydrogen (secondary N) is 3. The first-order chi connectivity index (χ1) is 23.5. The molecule has 8 heteroatoms. The highest BCUT2D eigenvalue weighted by Gasteiger charge is 2.51. The van der Waals surface area contributed by atoms with Crippen molar-refractivity contribution in [3.05, 3.63) is 53.2 Å². The average molecular weight is 656 g/mol. The van der Waals surface area contributed by atoms with Crippen molar-refractivity contribution in [1.82, 2.24) is 15.2 Å². The first kappa shape index (κ1) is 34.6. The fourth-order valence-electron chi connectivity index (χ4n) is 8.86. The Balaban J connectivity index is 0.983. The minimum Gasteiger partial charge on any atom is -0.329 e. The monoisotopic (exact) mass is 655 g/mol. The molecule has 3 N–H and O–H groups in total. The summed E-state index contributed by atoms with van der Waals surface area (Å²) in [6, 6.07) is 10.7. The molecule has 3 aliphatic heterocycles. The smallest absolute Gasteiger partial charge is 0.244 e. The molecule has 0 saturated carbocycles. The van der Waals surface area contributed by atoms with Crippen molar-refractivity contribution in [2.45, 2.75) is 159 Å². The van der Waals surface area contributed by atoms with E-state index in [0.717, 1.165) is 55.2 Å². The number of rotatable bonds is 18. The van der Waals surface area contributed by atoms with Crippen LogP contribution in [-0.2, 0) is 32.6 Å². The maximum absolute atomic E-state index is 13.7. The normalized spacial score (nSPS) is 23.6. The molecular formula is C40H57N5O3. The van der Waals surface area contributed by atoms with Crippen LogP contribution in [0.5, 0.6) is 0 Å². The zero-order valence-corrected chi connectivity index (χ0v) is 29.2. The molecule has 1 spiro atoms. The number of hydrogen-bond acceptors (Lipinski definition) is 5. The highest BCUT2D eigenvalue weighted by atomic mass is 16.2. The molecule has 0 radical (unpaired) electrons. The summed E-state index contributed by atoms with van der Waals surface area (Å²) >= 11 is 0. The van der Waals surface area contributed by atoms with Crippen LogP contribution in [0.25, 0.3) is 0 Å². The lowest BCUT2D eigenvalue weighted by atomic mass is 9.79. The van der Waals surface area contributed by atoms with Crippen molar-refractivity contribution >= 4 is 29.2 Å². The van der Waals surface area contributed by atoms with Gasteiger partial charge in [-0.25, -0.2) is 4.98 Å². The second-order valence-corrected chi connectivity index (χ2v) is 15.0. The summed E-state index contributed by atoms with van der Waals surface area (Å²) in [5.74, 6) is 0.597. The topological polar surface area (TPSA) is 103 Å². The van der Waals surface area contributed by atoms with Crippen LogP contribution in [0, 0.1) is 0 Å². The lowest BCUT2D eigenvalue weighted by Crippen LogP contribution is -2.56. The number of fused-ring (bicyclic) bond motifs is 5. The Hall–Kier alpha value is -3.26. The molecule has 1 aliphatic carbocycles. The molecule has 2 saturated heterocycles. The van der Waals surface area contributed by atoms with E-state index in [1.807, 2.05) is 35.2 Å². The van der Waals surface area contributed by atoms with E-state index in [1.54, 1.807) is 6.20 Å². The van der Waals surface area contributed by atoms with Crippen LogP contribution in [0.3, 0.4) is 0 Å². The Labute approximate surface area is 287 Å². The van der Waals surface area contributed by atoms with Crippen molar-refractivity contribution in [2.75, 3.05) is 17.2 Å². The summed E-state index contributed by atoms with van der Waals surface area (Å²) in [4.78, 5) is 46.6. The predicted molar refractivity (Wildman–Crippen MR) is 192 cm³/mol. The molecule has 2 bridgehead atoms. The standard InChI is InChI=1S/C40H57N5O3/c1-2-3-4-5-6-7-8-9-10-11-12-13-14-17-37(47)45(35-23-21-31-20-22-34(35)42-31)28-36(46)43-32-19-18-29-26-40(27-30(29)25-32)33-16-15-24-41-38(33)44-39(40)48/h15-16,18-19,24-25,31,34-35,42H,2-14,17,20-23,26-28H2,1H3,(H,43,46)(H,41,44,48)/t31?,34?,35?,40-/m1/s1. The van der Waals surface area contributed by atoms with Gasteiger partial charge in [0.1, 0.15) is 12.4 Å². The molecule has 4 atom stereocenters. The van der Waals surface area contributed by atoms with Gasteiger partial charge in [0.15, 0.2) is 0 Å². The quantitative estimate of drug-likeness (QED) is 0.144. The zero-order chi connectivity index (χ0) is 33.3. The number of unbranched alkanes of at least 4 members (excludes halogenated alkanes) is 12. The van der Waals surface area contributed by atoms with Gasteiger partial charge >= 0.3 is 0 Å². The summed E-state index contributed by atoms with van der Waals surface area (Å²) < 4.78 is 0. The molecule has 4 aliphatic rings. The number of pyridine rings is 1. The number of benzene rings is 1. The van der Waals surface area contributed by atoms with Gasteiger partial charge in [-0.05, 0) is 74.3 Å². The number of carbonyl (C=O) groups excluding carboxylic acids is 3. The number of amides is 3. The Bertz CT molecular complexity index is 1430. The number of carbonyl (C=O) groups is 3. The summed E-state index contributed by atoms with van der Waals surface area (Å²) in [5, 5.41) is 9.78. The molecule has 3 amide bonds. The second kappa shape index (κ2) is 16.4. The van der Waals surface area contributed by atoms with Crippen molar-refractivity contribution in [3.63, 3.8) is 0 Å². The lowest BCUT2D eigenvalue weighted by molar-refractivity contribution is -0.138. The van der Waals surface area contributed by atoms with E-state index in [9.17, 15) is 14.4 Å². The number of aromatic nitrogens is 1. The minimum absolute atomic E-state index is 0.00844. The summed E-state index contributed by atoms with van der Waals surface area (Å²) in [6.45, 7) is 2.35. The second-order valence-electron chi connectivity index (χ2n) is 15.0. The third kappa shape index (κ3) is 8.12. The van der Waals surface area contributed by atoms with Crippen LogP contribution >= 0.6 is 0 Å². The predicted octanol–water partition coefficient (Wildman–Crippen LogP) is 7.60. The Morgan fingerprint density at radius 2 is 1.56 bits per heavy atom. The van der Waals surface area contributed by atoms with Crippen molar-refractivity contribution in [2.24, 2.45) is 0 Å². The molecule has 1 aromatic carbocycles. The van der Waals surface area contributed by atoms with E-state index in [1.165, 1.54) is 70.6 Å². The maximum Gasteiger partial charge on any atom is 0.244 e. The molecule has 6 rings (SSSR count). The minimum atomic E-state index is -0.640. The van der Waals surface area contributed by atoms with Gasteiger partial charge in [-0.15, -0.1) is 0 Å². The van der Waals surface area contributed by atoms with Gasteiger partial charge in [0, 0.05) is 42.0 Å². The Kier molecular flexibility index (Phi) is 11.8. The molecule has 1 aromatic heterocycles. The van der Waals surface area contributed by atoms with Gasteiger partial charge in [0.25, 0.3) is 0 Å². The molecule has 2 aromatic rings. The van der Waals surface area contributed by atoms with Crippen LogP contribution in [0.4, 0.5) is 11.5 Å². The molecular weight excluding hydrogens is 598 g/mol. The highest BCUT2D eigenvalue weighted by molar-refractivity contribution is 6.06. The summed E-state index contributed by atoms with van der Waals surface area (Å²) in [7, 11) is 0. The fourth-order valence-corrected chi connectivity index (χ4v) is 8.86. The van der Waals surface area contributed by atoms with E-state index in [-0.39, 0.29) is 36.3 Å². The van der Waals surface area contributed by atoms with E-state index in [4.69, 9.17) is 0 Å². The Morgan fingerprint density at radius 1 is 0.875 bits per heavy atom. The Morgan fingerprint density at radius 3 is 2.31 bits per heavy atom. The SMILES string of the molecule is CCCCCCCCCCCCCCCC(=O)N(CC(=O)Nc1ccc2c(c1)C[C@@]1(C2)C(=O)Nc2ncccc21)C1CCC2CCC1N2. The van der Waals surface area contributed by atoms with E-state index >= 15 is 0 Å². The number of hydrogen-bond donors (Lipinski definition) is 3. The van der Waals surface area contributed by atoms with E-state index in [2.05, 4.69) is 27.9 Å². The molecule has 2 fully saturated rings. The average Bonchev–Trinajstić information content (AvgIpc) is 3.75. The van der Waals surface area contributed by atoms with Crippen LogP contribution in [-0.4, -0.2) is 52.3 Å². The number of nitrogens with zero attached hydrogens (tertiary/aromatic N) is 2. The lowest BCUT2D eigenvalue weighted by Gasteiger charge is -2.39. The largest absolute Gasteiger partial charge is 0.329 e. The third-order valence-electron chi connectivity index (χ3n) is 11.5. The van der Waals surface area contributed by atoms with Gasteiger partial charge in [-0.3, -0.25) is 14.4 Å². The molecule has 48 heavy (non-hydrogen) atoms.